The normalized spacial score (nSPS) is 27.7. The number of esters is 1. The van der Waals surface area contributed by atoms with Crippen LogP contribution in [0.3, 0.4) is 0 Å². The molecule has 272 valence electrons. The molecule has 6 atom stereocenters. The number of carbonyl (C=O) groups is 1. The van der Waals surface area contributed by atoms with Crippen molar-refractivity contribution in [3.8, 4) is 11.8 Å². The molecule has 50 heavy (non-hydrogen) atoms. The number of aromatic nitrogens is 3. The number of nitrogen functional groups attached to an aromatic ring is 1. The number of anilines is 1. The summed E-state index contributed by atoms with van der Waals surface area (Å²) >= 11 is 0. The zero-order valence-corrected chi connectivity index (χ0v) is 28.7. The van der Waals surface area contributed by atoms with Gasteiger partial charge in [-0.25, -0.2) is 14.1 Å². The fraction of sp³-hybridized carbons (Fsp3) is 0.562. The van der Waals surface area contributed by atoms with Crippen molar-refractivity contribution in [3.05, 3.63) is 54.0 Å². The summed E-state index contributed by atoms with van der Waals surface area (Å²) in [6, 6.07) is 10.1. The van der Waals surface area contributed by atoms with E-state index in [0.29, 0.717) is 5.52 Å². The van der Waals surface area contributed by atoms with Crippen molar-refractivity contribution in [1.82, 2.24) is 19.7 Å². The quantitative estimate of drug-likeness (QED) is 0.170. The highest BCUT2D eigenvalue weighted by molar-refractivity contribution is 7.52. The zero-order chi connectivity index (χ0) is 36.6. The van der Waals surface area contributed by atoms with Gasteiger partial charge in [0.2, 0.25) is 5.60 Å². The summed E-state index contributed by atoms with van der Waals surface area (Å²) in [7, 11) is -4.54. The molecule has 2 aromatic heterocycles. The number of fused-ring (bicyclic) bond motifs is 1. The monoisotopic (exact) mass is 724 g/mol. The van der Waals surface area contributed by atoms with Crippen LogP contribution in [0.4, 0.5) is 19.0 Å². The Bertz CT molecular complexity index is 1770. The summed E-state index contributed by atoms with van der Waals surface area (Å²) in [5.74, 6) is -2.17. The molecule has 3 heterocycles. The Morgan fingerprint density at radius 3 is 2.44 bits per heavy atom. The second-order valence-electron chi connectivity index (χ2n) is 13.6. The molecule has 1 aliphatic heterocycles. The third-order valence-corrected chi connectivity index (χ3v) is 10.6. The molecule has 1 aromatic carbocycles. The highest BCUT2D eigenvalue weighted by Crippen LogP contribution is 2.48. The molecule has 14 nitrogen and oxygen atoms in total. The van der Waals surface area contributed by atoms with Crippen LogP contribution < -0.4 is 15.3 Å². The minimum absolute atomic E-state index is 0.0167. The van der Waals surface area contributed by atoms with Gasteiger partial charge in [0.15, 0.2) is 5.82 Å². The lowest BCUT2D eigenvalue weighted by Gasteiger charge is -2.30. The Labute approximate surface area is 286 Å². The van der Waals surface area contributed by atoms with E-state index in [-0.39, 0.29) is 48.4 Å². The molecule has 3 aromatic rings. The van der Waals surface area contributed by atoms with Crippen molar-refractivity contribution in [2.75, 3.05) is 12.3 Å². The molecule has 1 saturated carbocycles. The lowest BCUT2D eigenvalue weighted by Crippen LogP contribution is -2.41. The molecule has 2 aliphatic rings. The Hall–Kier alpha value is -3.78. The molecular formula is C32H40F3N6O8P. The molecule has 18 heteroatoms. The maximum absolute atomic E-state index is 14.3. The van der Waals surface area contributed by atoms with Gasteiger partial charge >= 0.3 is 19.9 Å². The van der Waals surface area contributed by atoms with Gasteiger partial charge in [0.1, 0.15) is 54.1 Å². The summed E-state index contributed by atoms with van der Waals surface area (Å²) < 4.78 is 77.6. The maximum atomic E-state index is 14.3. The summed E-state index contributed by atoms with van der Waals surface area (Å²) in [6.07, 6.45) is -9.27. The second kappa shape index (κ2) is 14.1. The number of nitrogens with two attached hydrogens (primary N) is 1. The first-order valence-electron chi connectivity index (χ1n) is 16.0. The van der Waals surface area contributed by atoms with Gasteiger partial charge in [-0.1, -0.05) is 32.9 Å². The third-order valence-electron chi connectivity index (χ3n) is 8.97. The van der Waals surface area contributed by atoms with Gasteiger partial charge in [0.25, 0.3) is 0 Å². The van der Waals surface area contributed by atoms with Crippen LogP contribution in [0.2, 0.25) is 0 Å². The van der Waals surface area contributed by atoms with Crippen molar-refractivity contribution >= 4 is 25.1 Å². The number of rotatable bonds is 10. The van der Waals surface area contributed by atoms with Crippen LogP contribution in [0.1, 0.15) is 64.6 Å². The predicted molar refractivity (Wildman–Crippen MR) is 171 cm³/mol. The van der Waals surface area contributed by atoms with E-state index < -0.39 is 68.5 Å². The van der Waals surface area contributed by atoms with Crippen molar-refractivity contribution in [3.63, 3.8) is 0 Å². The fourth-order valence-electron chi connectivity index (χ4n) is 6.03. The smallest absolute Gasteiger partial charge is 0.459 e. The van der Waals surface area contributed by atoms with E-state index in [0.717, 1.165) is 11.9 Å². The predicted octanol–water partition coefficient (Wildman–Crippen LogP) is 4.29. The topological polar surface area (TPSA) is 204 Å². The van der Waals surface area contributed by atoms with Crippen LogP contribution >= 0.6 is 7.75 Å². The van der Waals surface area contributed by atoms with Gasteiger partial charge < -0.3 is 29.9 Å². The minimum atomic E-state index is -4.54. The molecule has 0 spiro atoms. The number of nitrogens with zero attached hydrogens (tertiary/aromatic N) is 4. The van der Waals surface area contributed by atoms with E-state index in [2.05, 4.69) is 15.2 Å². The highest BCUT2D eigenvalue weighted by atomic mass is 31.2. The molecule has 5 rings (SSSR count). The van der Waals surface area contributed by atoms with Gasteiger partial charge in [-0.3, -0.25) is 9.32 Å². The minimum Gasteiger partial charge on any atom is -0.461 e. The van der Waals surface area contributed by atoms with Gasteiger partial charge in [-0.15, -0.1) is 0 Å². The number of alkyl halides is 3. The number of hydrogen-bond donors (Lipinski definition) is 4. The first-order valence-corrected chi connectivity index (χ1v) is 17.5. The van der Waals surface area contributed by atoms with E-state index >= 15 is 0 Å². The average Bonchev–Trinajstić information content (AvgIpc) is 3.60. The van der Waals surface area contributed by atoms with Gasteiger partial charge in [0, 0.05) is 0 Å². The number of halogens is 3. The van der Waals surface area contributed by atoms with E-state index in [1.54, 1.807) is 24.3 Å². The molecule has 0 bridgehead atoms. The van der Waals surface area contributed by atoms with Crippen LogP contribution in [0, 0.1) is 17.2 Å². The Morgan fingerprint density at radius 1 is 1.18 bits per heavy atom. The van der Waals surface area contributed by atoms with Crippen LogP contribution in [-0.2, 0) is 34.4 Å². The Kier molecular flexibility index (Phi) is 10.6. The van der Waals surface area contributed by atoms with Crippen LogP contribution in [-0.4, -0.2) is 74.0 Å². The van der Waals surface area contributed by atoms with E-state index in [1.807, 2.05) is 26.8 Å². The van der Waals surface area contributed by atoms with Gasteiger partial charge in [0.05, 0.1) is 18.2 Å². The standard InChI is InChI=1S/C32H40F3N6O8P/c1-18(29(44)47-21-9-7-20(8-10-21)32(33,34)35)40-50(45,49-22-11-5-19(6-12-22)30(2,3)4)46-15-24-26(42)27(43)31(16-36,48-24)25-14-13-23-28(37)38-17-39-41(23)25/h5-6,11-14,17-18,20-21,24,26-27,42-43H,7-10,15H2,1-4H3,(H,40,45)(H2,37,38,39)/t18-,20-,21-,24+,26+,27+,31-,50?/m0/s1. The largest absolute Gasteiger partial charge is 0.461 e. The zero-order valence-electron chi connectivity index (χ0n) is 27.8. The SMILES string of the molecule is C[C@H](NP(=O)(OC[C@H]1O[C@@](C#N)(c2ccc3c(N)ncnn23)[C@H](O)[C@@H]1O)Oc1ccc(C(C)(C)C)cc1)C(=O)O[C@H]1CC[C@H](C(F)(F)F)CC1. The molecule has 1 unspecified atom stereocenters. The molecule has 2 fully saturated rings. The molecule has 1 aliphatic carbocycles. The number of aliphatic hydroxyl groups excluding tert-OH is 2. The molecule has 0 radical (unpaired) electrons. The number of benzene rings is 1. The molecule has 0 amide bonds. The fourth-order valence-corrected chi connectivity index (χ4v) is 7.53. The van der Waals surface area contributed by atoms with E-state index in [4.69, 9.17) is 24.3 Å². The third kappa shape index (κ3) is 7.75. The average molecular weight is 725 g/mol. The summed E-state index contributed by atoms with van der Waals surface area (Å²) in [5, 5.41) is 38.9. The Balaban J connectivity index is 1.33. The van der Waals surface area contributed by atoms with Crippen molar-refractivity contribution in [2.24, 2.45) is 5.92 Å². The van der Waals surface area contributed by atoms with Crippen LogP contribution in [0.5, 0.6) is 5.75 Å². The highest BCUT2D eigenvalue weighted by Gasteiger charge is 2.58. The number of carbonyl (C=O) groups excluding carboxylic acids is 1. The first-order chi connectivity index (χ1) is 23.4. The number of hydrogen-bond acceptors (Lipinski definition) is 12. The molecular weight excluding hydrogens is 684 g/mol. The lowest BCUT2D eigenvalue weighted by molar-refractivity contribution is -0.188. The van der Waals surface area contributed by atoms with E-state index in [1.165, 1.54) is 23.6 Å². The maximum Gasteiger partial charge on any atom is 0.459 e. The number of aliphatic hydroxyl groups is 2. The number of nitriles is 1. The van der Waals surface area contributed by atoms with Crippen molar-refractivity contribution in [2.45, 2.75) is 101 Å². The number of nitrogens with one attached hydrogen (secondary N) is 1. The first kappa shape index (κ1) is 37.5. The van der Waals surface area contributed by atoms with Crippen LogP contribution in [0.15, 0.2) is 42.7 Å². The summed E-state index contributed by atoms with van der Waals surface area (Å²) in [4.78, 5) is 16.9. The van der Waals surface area contributed by atoms with E-state index in [9.17, 15) is 38.0 Å². The van der Waals surface area contributed by atoms with Crippen molar-refractivity contribution in [1.29, 1.82) is 5.26 Å². The molecule has 1 saturated heterocycles. The Morgan fingerprint density at radius 2 is 1.84 bits per heavy atom. The van der Waals surface area contributed by atoms with Crippen molar-refractivity contribution < 1.29 is 51.3 Å². The summed E-state index contributed by atoms with van der Waals surface area (Å²) in [6.45, 7) is 6.63. The second-order valence-corrected chi connectivity index (χ2v) is 15.3. The molecule has 5 N–H and O–H groups in total. The number of ether oxygens (including phenoxy) is 2. The van der Waals surface area contributed by atoms with Crippen LogP contribution in [0.25, 0.3) is 5.52 Å². The lowest BCUT2D eigenvalue weighted by atomic mass is 9.87. The van der Waals surface area contributed by atoms with Gasteiger partial charge in [-0.2, -0.15) is 28.6 Å². The van der Waals surface area contributed by atoms with Gasteiger partial charge in [-0.05, 0) is 67.9 Å². The summed E-state index contributed by atoms with van der Waals surface area (Å²) in [5.41, 5.74) is 4.84.